The van der Waals surface area contributed by atoms with Gasteiger partial charge in [-0.15, -0.1) is 6.42 Å². The van der Waals surface area contributed by atoms with Crippen LogP contribution in [0.25, 0.3) is 0 Å². The molecular weight excluding hydrogens is 506 g/mol. The maximum absolute atomic E-state index is 14.3. The second-order valence-corrected chi connectivity index (χ2v) is 9.83. The highest BCUT2D eigenvalue weighted by atomic mass is 16.5. The molecule has 0 unspecified atom stereocenters. The molecule has 202 valence electrons. The first-order valence-corrected chi connectivity index (χ1v) is 12.9. The van der Waals surface area contributed by atoms with Crippen LogP contribution in [0, 0.1) is 18.3 Å². The van der Waals surface area contributed by atoms with Gasteiger partial charge in [0.05, 0.1) is 24.4 Å². The summed E-state index contributed by atoms with van der Waals surface area (Å²) in [5, 5.41) is 24.8. The Morgan fingerprint density at radius 2 is 1.62 bits per heavy atom. The van der Waals surface area contributed by atoms with E-state index in [4.69, 9.17) is 15.9 Å². The highest BCUT2D eigenvalue weighted by molar-refractivity contribution is 5.97. The molecule has 1 aliphatic rings. The predicted octanol–water partition coefficient (Wildman–Crippen LogP) is 4.04. The van der Waals surface area contributed by atoms with Crippen LogP contribution in [0.1, 0.15) is 46.2 Å². The summed E-state index contributed by atoms with van der Waals surface area (Å²) >= 11 is 0. The van der Waals surface area contributed by atoms with E-state index in [1.54, 1.807) is 85.2 Å². The Labute approximate surface area is 232 Å². The predicted molar refractivity (Wildman–Crippen MR) is 148 cm³/mol. The van der Waals surface area contributed by atoms with Crippen LogP contribution in [0.2, 0.25) is 0 Å². The number of pyridine rings is 3. The molecule has 1 fully saturated rings. The number of ether oxygens (including phenoxy) is 2. The highest BCUT2D eigenvalue weighted by Gasteiger charge is 2.59. The van der Waals surface area contributed by atoms with E-state index in [0.717, 1.165) is 0 Å². The fourth-order valence-electron chi connectivity index (χ4n) is 5.68. The van der Waals surface area contributed by atoms with Gasteiger partial charge in [-0.2, -0.15) is 0 Å². The van der Waals surface area contributed by atoms with Crippen molar-refractivity contribution in [2.45, 2.75) is 30.0 Å². The molecule has 4 atom stereocenters. The van der Waals surface area contributed by atoms with Gasteiger partial charge in [-0.1, -0.05) is 30.2 Å². The van der Waals surface area contributed by atoms with Crippen molar-refractivity contribution < 1.29 is 24.5 Å². The van der Waals surface area contributed by atoms with Gasteiger partial charge in [0, 0.05) is 30.9 Å². The zero-order valence-corrected chi connectivity index (χ0v) is 22.0. The van der Waals surface area contributed by atoms with Crippen molar-refractivity contribution in [2.75, 3.05) is 13.7 Å². The molecule has 0 amide bonds. The number of aliphatic hydroxyl groups is 2. The van der Waals surface area contributed by atoms with Crippen LogP contribution in [0.15, 0.2) is 91.4 Å². The standard InChI is InChI=1S/C32H29N3O5/c1-3-18-40-26-19-22(13-14-25(26)39-2)23-20-31(37,27-11-5-8-16-34-27)21-32(38,28-12-6-9-17-35-28)29(23)30(36)24-10-4-7-15-33-24/h1,4-17,19,23,29,37-38H,18,20-21H2,2H3/t23-,29+,31+,32-/m1/s1. The summed E-state index contributed by atoms with van der Waals surface area (Å²) in [6.45, 7) is 0.0104. The number of terminal acetylenes is 1. The zero-order valence-electron chi connectivity index (χ0n) is 22.0. The van der Waals surface area contributed by atoms with Crippen LogP contribution < -0.4 is 9.47 Å². The molecule has 3 aromatic heterocycles. The number of benzene rings is 1. The minimum atomic E-state index is -1.88. The number of carbonyl (C=O) groups is 1. The molecule has 40 heavy (non-hydrogen) atoms. The Morgan fingerprint density at radius 3 is 2.23 bits per heavy atom. The number of aromatic nitrogens is 3. The molecule has 0 radical (unpaired) electrons. The van der Waals surface area contributed by atoms with Gasteiger partial charge in [0.1, 0.15) is 23.5 Å². The summed E-state index contributed by atoms with van der Waals surface area (Å²) in [5.41, 5.74) is -1.99. The summed E-state index contributed by atoms with van der Waals surface area (Å²) in [7, 11) is 1.52. The van der Waals surface area contributed by atoms with Crippen molar-refractivity contribution in [1.82, 2.24) is 15.0 Å². The monoisotopic (exact) mass is 535 g/mol. The van der Waals surface area contributed by atoms with Gasteiger partial charge in [-0.25, -0.2) is 0 Å². The van der Waals surface area contributed by atoms with E-state index in [1.807, 2.05) is 0 Å². The quantitative estimate of drug-likeness (QED) is 0.257. The molecule has 1 saturated carbocycles. The van der Waals surface area contributed by atoms with Crippen molar-refractivity contribution in [3.8, 4) is 23.8 Å². The molecule has 4 aromatic rings. The first-order chi connectivity index (χ1) is 19.4. The highest BCUT2D eigenvalue weighted by Crippen LogP contribution is 2.56. The Hall–Kier alpha value is -4.58. The lowest BCUT2D eigenvalue weighted by Crippen LogP contribution is -2.54. The normalized spacial score (nSPS) is 24.1. The van der Waals surface area contributed by atoms with E-state index in [1.165, 1.54) is 13.3 Å². The molecule has 5 rings (SSSR count). The Balaban J connectivity index is 1.74. The molecule has 3 heterocycles. The van der Waals surface area contributed by atoms with Gasteiger partial charge in [-0.05, 0) is 60.5 Å². The summed E-state index contributed by atoms with van der Waals surface area (Å²) in [5.74, 6) is 1.15. The third kappa shape index (κ3) is 5.05. The van der Waals surface area contributed by atoms with Crippen molar-refractivity contribution in [3.05, 3.63) is 114 Å². The van der Waals surface area contributed by atoms with Crippen LogP contribution in [-0.4, -0.2) is 44.7 Å². The third-order valence-corrected chi connectivity index (χ3v) is 7.41. The molecule has 0 saturated heterocycles. The van der Waals surface area contributed by atoms with Gasteiger partial charge in [0.15, 0.2) is 17.3 Å². The van der Waals surface area contributed by atoms with E-state index in [9.17, 15) is 15.0 Å². The first kappa shape index (κ1) is 27.0. The van der Waals surface area contributed by atoms with Crippen molar-refractivity contribution in [1.29, 1.82) is 0 Å². The second kappa shape index (κ2) is 11.3. The van der Waals surface area contributed by atoms with Crippen LogP contribution in [-0.2, 0) is 11.2 Å². The fraction of sp³-hybridized carbons (Fsp3) is 0.250. The maximum atomic E-state index is 14.3. The lowest BCUT2D eigenvalue weighted by molar-refractivity contribution is -0.143. The average Bonchev–Trinajstić information content (AvgIpc) is 3.00. The van der Waals surface area contributed by atoms with Gasteiger partial charge in [0.25, 0.3) is 0 Å². The molecule has 8 heteroatoms. The largest absolute Gasteiger partial charge is 0.493 e. The fourth-order valence-corrected chi connectivity index (χ4v) is 5.68. The van der Waals surface area contributed by atoms with E-state index in [-0.39, 0.29) is 36.6 Å². The van der Waals surface area contributed by atoms with Gasteiger partial charge >= 0.3 is 0 Å². The number of hydrogen-bond donors (Lipinski definition) is 2. The van der Waals surface area contributed by atoms with Crippen LogP contribution >= 0.6 is 0 Å². The number of ketones is 1. The summed E-state index contributed by atoms with van der Waals surface area (Å²) in [6, 6.07) is 20.7. The van der Waals surface area contributed by atoms with E-state index in [0.29, 0.717) is 22.8 Å². The van der Waals surface area contributed by atoms with E-state index >= 15 is 0 Å². The Bertz CT molecular complexity index is 1510. The lowest BCUT2D eigenvalue weighted by Gasteiger charge is -2.50. The Kier molecular flexibility index (Phi) is 7.60. The minimum Gasteiger partial charge on any atom is -0.493 e. The van der Waals surface area contributed by atoms with Crippen LogP contribution in [0.4, 0.5) is 0 Å². The molecule has 8 nitrogen and oxygen atoms in total. The van der Waals surface area contributed by atoms with Crippen molar-refractivity contribution in [3.63, 3.8) is 0 Å². The van der Waals surface area contributed by atoms with E-state index < -0.39 is 23.0 Å². The minimum absolute atomic E-state index is 0.0104. The zero-order chi connectivity index (χ0) is 28.2. The van der Waals surface area contributed by atoms with Gasteiger partial charge in [0.2, 0.25) is 0 Å². The maximum Gasteiger partial charge on any atom is 0.188 e. The number of hydrogen-bond acceptors (Lipinski definition) is 8. The molecule has 2 N–H and O–H groups in total. The van der Waals surface area contributed by atoms with Gasteiger partial charge < -0.3 is 19.7 Å². The summed E-state index contributed by atoms with van der Waals surface area (Å²) < 4.78 is 11.2. The average molecular weight is 536 g/mol. The topological polar surface area (TPSA) is 115 Å². The second-order valence-electron chi connectivity index (χ2n) is 9.83. The van der Waals surface area contributed by atoms with Crippen molar-refractivity contribution >= 4 is 5.78 Å². The smallest absolute Gasteiger partial charge is 0.188 e. The van der Waals surface area contributed by atoms with Gasteiger partial charge in [-0.3, -0.25) is 19.7 Å². The van der Waals surface area contributed by atoms with Crippen LogP contribution in [0.3, 0.4) is 0 Å². The molecule has 0 bridgehead atoms. The SMILES string of the molecule is C#CCOc1cc([C@H]2C[C@@](O)(c3ccccn3)C[C@@](O)(c3ccccn3)[C@@H]2C(=O)c2ccccn2)ccc1OC. The first-order valence-electron chi connectivity index (χ1n) is 12.9. The third-order valence-electron chi connectivity index (χ3n) is 7.41. The molecule has 0 aliphatic heterocycles. The molecule has 1 aromatic carbocycles. The number of carbonyl (C=O) groups excluding carboxylic acids is 1. The molecule has 1 aliphatic carbocycles. The summed E-state index contributed by atoms with van der Waals surface area (Å²) in [4.78, 5) is 27.5. The number of nitrogens with zero attached hydrogens (tertiary/aromatic N) is 3. The number of Topliss-reactive ketones (excluding diaryl/α,β-unsaturated/α-hetero) is 1. The number of rotatable bonds is 8. The van der Waals surface area contributed by atoms with E-state index in [2.05, 4.69) is 20.9 Å². The summed E-state index contributed by atoms with van der Waals surface area (Å²) in [6.07, 6.45) is 9.99. The molecular formula is C32H29N3O5. The number of methoxy groups -OCH3 is 1. The van der Waals surface area contributed by atoms with Crippen molar-refractivity contribution in [2.24, 2.45) is 5.92 Å². The lowest BCUT2D eigenvalue weighted by atomic mass is 9.58. The van der Waals surface area contributed by atoms with Crippen LogP contribution in [0.5, 0.6) is 11.5 Å². The Morgan fingerprint density at radius 1 is 0.950 bits per heavy atom. The molecule has 0 spiro atoms.